The topological polar surface area (TPSA) is 38.0 Å². The van der Waals surface area contributed by atoms with E-state index in [1.807, 2.05) is 0 Å². The summed E-state index contributed by atoms with van der Waals surface area (Å²) in [5, 5.41) is 2.87. The summed E-state index contributed by atoms with van der Waals surface area (Å²) in [5.41, 5.74) is 6.85. The minimum Gasteiger partial charge on any atom is -0.389 e. The molecule has 2 rings (SSSR count). The van der Waals surface area contributed by atoms with Gasteiger partial charge >= 0.3 is 0 Å². The molecule has 2 nitrogen and oxygen atoms in total. The summed E-state index contributed by atoms with van der Waals surface area (Å²) in [7, 11) is 0. The Morgan fingerprint density at radius 3 is 2.45 bits per heavy atom. The van der Waals surface area contributed by atoms with Gasteiger partial charge < -0.3 is 11.1 Å². The van der Waals surface area contributed by atoms with Crippen LogP contribution in [0.25, 0.3) is 0 Å². The molecule has 3 N–H and O–H groups in total. The molecule has 2 aromatic carbocycles. The van der Waals surface area contributed by atoms with E-state index < -0.39 is 11.6 Å². The van der Waals surface area contributed by atoms with E-state index in [0.29, 0.717) is 11.3 Å². The van der Waals surface area contributed by atoms with Crippen molar-refractivity contribution < 1.29 is 8.78 Å². The molecule has 7 heteroatoms. The van der Waals surface area contributed by atoms with Crippen molar-refractivity contribution in [3.05, 3.63) is 56.5 Å². The molecule has 0 unspecified atom stereocenters. The molecule has 0 aliphatic heterocycles. The minimum atomic E-state index is -0.714. The molecule has 0 bridgehead atoms. The molecule has 0 radical (unpaired) electrons. The van der Waals surface area contributed by atoms with E-state index in [1.54, 1.807) is 18.2 Å². The lowest BCUT2D eigenvalue weighted by atomic mass is 10.1. The number of benzene rings is 2. The second-order valence-electron chi connectivity index (χ2n) is 3.92. The summed E-state index contributed by atoms with van der Waals surface area (Å²) in [6.45, 7) is 0. The summed E-state index contributed by atoms with van der Waals surface area (Å²) in [6.07, 6.45) is 0. The van der Waals surface area contributed by atoms with Crippen molar-refractivity contribution in [2.45, 2.75) is 0 Å². The van der Waals surface area contributed by atoms with Gasteiger partial charge in [-0.1, -0.05) is 28.1 Å². The van der Waals surface area contributed by atoms with Crippen molar-refractivity contribution in [3.63, 3.8) is 0 Å². The van der Waals surface area contributed by atoms with Gasteiger partial charge in [-0.05, 0) is 40.2 Å². The van der Waals surface area contributed by atoms with E-state index in [-0.39, 0.29) is 15.1 Å². The van der Waals surface area contributed by atoms with Crippen LogP contribution in [0.5, 0.6) is 0 Å². The maximum absolute atomic E-state index is 13.8. The van der Waals surface area contributed by atoms with Gasteiger partial charge in [0.05, 0.1) is 5.69 Å². The molecule has 0 saturated heterocycles. The van der Waals surface area contributed by atoms with E-state index in [0.717, 1.165) is 10.5 Å². The van der Waals surface area contributed by atoms with Gasteiger partial charge in [-0.25, -0.2) is 8.78 Å². The second kappa shape index (κ2) is 6.15. The van der Waals surface area contributed by atoms with Crippen LogP contribution in [0.15, 0.2) is 39.3 Å². The third-order valence-electron chi connectivity index (χ3n) is 2.51. The molecular formula is C13H8Br2F2N2S. The van der Waals surface area contributed by atoms with Crippen molar-refractivity contribution >= 4 is 60.4 Å². The standard InChI is InChI=1S/C13H8Br2F2N2S/c14-6-1-2-11(8(3-6)13(18)20)19-12-9(15)4-7(16)5-10(12)17/h1-5,19H,(H2,18,20). The highest BCUT2D eigenvalue weighted by molar-refractivity contribution is 9.10. The lowest BCUT2D eigenvalue weighted by Crippen LogP contribution is -2.12. The fraction of sp³-hybridized carbons (Fsp3) is 0. The van der Waals surface area contributed by atoms with E-state index >= 15 is 0 Å². The number of nitrogens with two attached hydrogens (primary N) is 1. The van der Waals surface area contributed by atoms with Crippen LogP contribution in [-0.4, -0.2) is 4.99 Å². The second-order valence-corrected chi connectivity index (χ2v) is 6.13. The number of anilines is 2. The third-order valence-corrected chi connectivity index (χ3v) is 3.85. The molecule has 0 fully saturated rings. The Hall–Kier alpha value is -1.05. The largest absolute Gasteiger partial charge is 0.389 e. The Morgan fingerprint density at radius 1 is 1.15 bits per heavy atom. The highest BCUT2D eigenvalue weighted by Gasteiger charge is 2.13. The molecule has 20 heavy (non-hydrogen) atoms. The van der Waals surface area contributed by atoms with E-state index in [4.69, 9.17) is 18.0 Å². The highest BCUT2D eigenvalue weighted by atomic mass is 79.9. The van der Waals surface area contributed by atoms with Crippen molar-refractivity contribution in [3.8, 4) is 0 Å². The first-order valence-electron chi connectivity index (χ1n) is 5.39. The predicted molar refractivity (Wildman–Crippen MR) is 87.4 cm³/mol. The number of hydrogen-bond donors (Lipinski definition) is 2. The van der Waals surface area contributed by atoms with Gasteiger partial charge in [0.1, 0.15) is 10.8 Å². The van der Waals surface area contributed by atoms with Crippen molar-refractivity contribution in [1.29, 1.82) is 0 Å². The molecule has 0 heterocycles. The average Bonchev–Trinajstić information content (AvgIpc) is 2.34. The average molecular weight is 422 g/mol. The number of thiocarbonyl (C=S) groups is 1. The van der Waals surface area contributed by atoms with Crippen LogP contribution in [0.4, 0.5) is 20.2 Å². The first-order chi connectivity index (χ1) is 9.38. The number of nitrogens with one attached hydrogen (secondary N) is 1. The van der Waals surface area contributed by atoms with E-state index in [2.05, 4.69) is 37.2 Å². The van der Waals surface area contributed by atoms with Crippen LogP contribution in [-0.2, 0) is 0 Å². The Bertz CT molecular complexity index is 669. The summed E-state index contributed by atoms with van der Waals surface area (Å²) in [6, 6.07) is 7.16. The van der Waals surface area contributed by atoms with Gasteiger partial charge in [-0.2, -0.15) is 0 Å². The van der Waals surface area contributed by atoms with Crippen LogP contribution < -0.4 is 11.1 Å². The molecular weight excluding hydrogens is 414 g/mol. The zero-order valence-electron chi connectivity index (χ0n) is 9.88. The fourth-order valence-corrected chi connectivity index (χ4v) is 2.66. The van der Waals surface area contributed by atoms with Crippen LogP contribution in [0.1, 0.15) is 5.56 Å². The van der Waals surface area contributed by atoms with Crippen LogP contribution >= 0.6 is 44.1 Å². The van der Waals surface area contributed by atoms with Gasteiger partial charge in [-0.15, -0.1) is 0 Å². The summed E-state index contributed by atoms with van der Waals surface area (Å²) < 4.78 is 27.9. The molecule has 0 spiro atoms. The molecule has 0 atom stereocenters. The quantitative estimate of drug-likeness (QED) is 0.694. The Kier molecular flexibility index (Phi) is 4.72. The monoisotopic (exact) mass is 420 g/mol. The normalized spacial score (nSPS) is 10.4. The van der Waals surface area contributed by atoms with Crippen LogP contribution in [0, 0.1) is 11.6 Å². The summed E-state index contributed by atoms with van der Waals surface area (Å²) in [5.74, 6) is -1.38. The first kappa shape index (κ1) is 15.3. The minimum absolute atomic E-state index is 0.117. The van der Waals surface area contributed by atoms with Gasteiger partial charge in [-0.3, -0.25) is 0 Å². The maximum Gasteiger partial charge on any atom is 0.150 e. The Balaban J connectivity index is 2.48. The van der Waals surface area contributed by atoms with Crippen molar-refractivity contribution in [1.82, 2.24) is 0 Å². The summed E-state index contributed by atoms with van der Waals surface area (Å²) >= 11 is 11.4. The molecule has 0 saturated carbocycles. The zero-order chi connectivity index (χ0) is 14.9. The Labute approximate surface area is 136 Å². The lowest BCUT2D eigenvalue weighted by Gasteiger charge is -2.14. The molecule has 0 aliphatic carbocycles. The SMILES string of the molecule is NC(=S)c1cc(Br)ccc1Nc1c(F)cc(F)cc1Br. The van der Waals surface area contributed by atoms with Crippen LogP contribution in [0.3, 0.4) is 0 Å². The third kappa shape index (κ3) is 3.34. The highest BCUT2D eigenvalue weighted by Crippen LogP contribution is 2.32. The smallest absolute Gasteiger partial charge is 0.150 e. The van der Waals surface area contributed by atoms with Gasteiger partial charge in [0.25, 0.3) is 0 Å². The van der Waals surface area contributed by atoms with Gasteiger partial charge in [0.15, 0.2) is 5.82 Å². The van der Waals surface area contributed by atoms with Gasteiger partial charge in [0.2, 0.25) is 0 Å². The molecule has 0 amide bonds. The Morgan fingerprint density at radius 2 is 1.85 bits per heavy atom. The molecule has 2 aromatic rings. The maximum atomic E-state index is 13.8. The summed E-state index contributed by atoms with van der Waals surface area (Å²) in [4.78, 5) is 0.174. The first-order valence-corrected chi connectivity index (χ1v) is 7.39. The molecule has 0 aliphatic rings. The van der Waals surface area contributed by atoms with E-state index in [9.17, 15) is 8.78 Å². The van der Waals surface area contributed by atoms with Crippen molar-refractivity contribution in [2.75, 3.05) is 5.32 Å². The fourth-order valence-electron chi connectivity index (χ4n) is 1.63. The predicted octanol–water partition coefficient (Wildman–Crippen LogP) is 4.87. The van der Waals surface area contributed by atoms with Crippen LogP contribution in [0.2, 0.25) is 0 Å². The molecule has 0 aromatic heterocycles. The number of hydrogen-bond acceptors (Lipinski definition) is 2. The van der Waals surface area contributed by atoms with Crippen molar-refractivity contribution in [2.24, 2.45) is 5.73 Å². The van der Waals surface area contributed by atoms with Gasteiger partial charge in [0, 0.05) is 26.3 Å². The number of rotatable bonds is 3. The van der Waals surface area contributed by atoms with E-state index in [1.165, 1.54) is 6.07 Å². The zero-order valence-corrected chi connectivity index (χ0v) is 13.9. The molecule has 104 valence electrons. The lowest BCUT2D eigenvalue weighted by molar-refractivity contribution is 0.584. The number of halogens is 4.